The Morgan fingerprint density at radius 3 is 2.90 bits per heavy atom. The summed E-state index contributed by atoms with van der Waals surface area (Å²) < 4.78 is 25.0. The van der Waals surface area contributed by atoms with Crippen LogP contribution in [0.5, 0.6) is 11.5 Å². The molecule has 21 heavy (non-hydrogen) atoms. The maximum absolute atomic E-state index is 14.3. The number of aliphatic hydroxyl groups is 1. The van der Waals surface area contributed by atoms with Crippen LogP contribution in [0.4, 0.5) is 4.39 Å². The van der Waals surface area contributed by atoms with E-state index in [2.05, 4.69) is 15.9 Å². The van der Waals surface area contributed by atoms with Gasteiger partial charge in [0.05, 0.1) is 29.3 Å². The van der Waals surface area contributed by atoms with Gasteiger partial charge in [0.25, 0.3) is 5.91 Å². The molecular weight excluding hydrogens is 345 g/mol. The lowest BCUT2D eigenvalue weighted by atomic mass is 10.1. The largest absolute Gasteiger partial charge is 0.492 e. The lowest BCUT2D eigenvalue weighted by Crippen LogP contribution is -2.48. The molecule has 0 radical (unpaired) electrons. The zero-order chi connectivity index (χ0) is 15.1. The molecule has 1 aromatic carbocycles. The summed E-state index contributed by atoms with van der Waals surface area (Å²) in [4.78, 5) is 14.0. The Balaban J connectivity index is 1.99. The smallest absolute Gasteiger partial charge is 0.260 e. The Morgan fingerprint density at radius 1 is 1.52 bits per heavy atom. The summed E-state index contributed by atoms with van der Waals surface area (Å²) >= 11 is 3.19. The summed E-state index contributed by atoms with van der Waals surface area (Å²) in [5, 5.41) is 9.95. The van der Waals surface area contributed by atoms with Gasteiger partial charge in [-0.1, -0.05) is 0 Å². The second-order valence-electron chi connectivity index (χ2n) is 5.20. The van der Waals surface area contributed by atoms with Crippen LogP contribution < -0.4 is 9.47 Å². The van der Waals surface area contributed by atoms with E-state index in [4.69, 9.17) is 9.47 Å². The molecule has 0 spiro atoms. The molecular formula is C14H15BrFNO4. The van der Waals surface area contributed by atoms with Gasteiger partial charge in [0.1, 0.15) is 0 Å². The highest BCUT2D eigenvalue weighted by Crippen LogP contribution is 2.40. The predicted octanol–water partition coefficient (Wildman–Crippen LogP) is 2.30. The number of fused-ring (bicyclic) bond motifs is 1. The Kier molecular flexibility index (Phi) is 3.79. The van der Waals surface area contributed by atoms with Crippen molar-refractivity contribution in [2.45, 2.75) is 31.4 Å². The molecule has 0 saturated heterocycles. The fourth-order valence-corrected chi connectivity index (χ4v) is 3.51. The van der Waals surface area contributed by atoms with E-state index in [0.717, 1.165) is 12.8 Å². The van der Waals surface area contributed by atoms with Gasteiger partial charge < -0.3 is 14.6 Å². The van der Waals surface area contributed by atoms with Crippen LogP contribution in [0.3, 0.4) is 0 Å². The molecule has 2 aliphatic rings. The highest BCUT2D eigenvalue weighted by Gasteiger charge is 2.39. The van der Waals surface area contributed by atoms with Gasteiger partial charge in [0, 0.05) is 0 Å². The maximum atomic E-state index is 14.3. The maximum Gasteiger partial charge on any atom is 0.260 e. The number of carbonyl (C=O) groups excluding carboxylic acids is 1. The normalized spacial score (nSPS) is 24.8. The third-order valence-corrected chi connectivity index (χ3v) is 4.61. The summed E-state index contributed by atoms with van der Waals surface area (Å²) in [6, 6.07) is 1.22. The third kappa shape index (κ3) is 2.28. The topological polar surface area (TPSA) is 59.0 Å². The first-order chi connectivity index (χ1) is 10.0. The molecule has 0 bridgehead atoms. The first-order valence-corrected chi connectivity index (χ1v) is 7.51. The second-order valence-corrected chi connectivity index (χ2v) is 6.05. The van der Waals surface area contributed by atoms with Crippen LogP contribution in [0, 0.1) is 5.82 Å². The number of amides is 1. The quantitative estimate of drug-likeness (QED) is 0.880. The molecule has 1 aromatic rings. The minimum Gasteiger partial charge on any atom is -0.492 e. The number of hydrogen-bond donors (Lipinski definition) is 1. The summed E-state index contributed by atoms with van der Waals surface area (Å²) in [6.45, 7) is -0.0603. The highest BCUT2D eigenvalue weighted by atomic mass is 79.9. The van der Waals surface area contributed by atoms with Gasteiger partial charge in [0.15, 0.2) is 18.2 Å². The van der Waals surface area contributed by atoms with Gasteiger partial charge in [0.2, 0.25) is 5.82 Å². The van der Waals surface area contributed by atoms with Crippen molar-refractivity contribution in [1.82, 2.24) is 4.90 Å². The zero-order valence-corrected chi connectivity index (χ0v) is 13.0. The van der Waals surface area contributed by atoms with E-state index in [-0.39, 0.29) is 35.7 Å². The SMILES string of the molecule is COc1c(Br)cc2c(c1F)OCN([C@H]1CCC[C@@H]1O)C2=O. The first kappa shape index (κ1) is 14.6. The minimum atomic E-state index is -0.693. The molecule has 1 saturated carbocycles. The van der Waals surface area contributed by atoms with Gasteiger partial charge in [-0.2, -0.15) is 4.39 Å². The fourth-order valence-electron chi connectivity index (χ4n) is 2.95. The van der Waals surface area contributed by atoms with Crippen LogP contribution in [0.2, 0.25) is 0 Å². The number of hydrogen-bond acceptors (Lipinski definition) is 4. The van der Waals surface area contributed by atoms with E-state index < -0.39 is 11.9 Å². The number of aliphatic hydroxyl groups excluding tert-OH is 1. The molecule has 1 fully saturated rings. The van der Waals surface area contributed by atoms with Gasteiger partial charge >= 0.3 is 0 Å². The van der Waals surface area contributed by atoms with E-state index >= 15 is 0 Å². The highest BCUT2D eigenvalue weighted by molar-refractivity contribution is 9.10. The molecule has 7 heteroatoms. The average molecular weight is 360 g/mol. The number of nitrogens with zero attached hydrogens (tertiary/aromatic N) is 1. The van der Waals surface area contributed by atoms with Crippen LogP contribution >= 0.6 is 15.9 Å². The van der Waals surface area contributed by atoms with Gasteiger partial charge in [-0.25, -0.2) is 0 Å². The molecule has 1 amide bonds. The van der Waals surface area contributed by atoms with E-state index in [9.17, 15) is 14.3 Å². The van der Waals surface area contributed by atoms with Crippen molar-refractivity contribution in [3.63, 3.8) is 0 Å². The standard InChI is InChI=1S/C14H15BrFNO4/c1-20-13-8(15)5-7-12(11(13)16)21-6-17(14(7)19)9-3-2-4-10(9)18/h5,9-10,18H,2-4,6H2,1H3/t9-,10-/m0/s1. The van der Waals surface area contributed by atoms with E-state index in [1.54, 1.807) is 0 Å². The number of methoxy groups -OCH3 is 1. The molecule has 1 N–H and O–H groups in total. The zero-order valence-electron chi connectivity index (χ0n) is 11.4. The van der Waals surface area contributed by atoms with Crippen LogP contribution in [0.25, 0.3) is 0 Å². The molecule has 114 valence electrons. The lowest BCUT2D eigenvalue weighted by Gasteiger charge is -2.35. The molecule has 3 rings (SSSR count). The van der Waals surface area contributed by atoms with Crippen LogP contribution in [-0.4, -0.2) is 41.9 Å². The average Bonchev–Trinajstić information content (AvgIpc) is 2.87. The molecule has 1 aliphatic heterocycles. The number of rotatable bonds is 2. The summed E-state index contributed by atoms with van der Waals surface area (Å²) in [5.74, 6) is -1.11. The van der Waals surface area contributed by atoms with Gasteiger partial charge in [-0.15, -0.1) is 0 Å². The van der Waals surface area contributed by atoms with Crippen LogP contribution in [-0.2, 0) is 0 Å². The summed E-state index contributed by atoms with van der Waals surface area (Å²) in [5.41, 5.74) is 0.144. The molecule has 2 atom stereocenters. The van der Waals surface area contributed by atoms with Crippen molar-refractivity contribution in [1.29, 1.82) is 0 Å². The van der Waals surface area contributed by atoms with Crippen molar-refractivity contribution in [3.8, 4) is 11.5 Å². The number of halogens is 2. The van der Waals surface area contributed by atoms with Crippen LogP contribution in [0.15, 0.2) is 10.5 Å². The Labute approximate surface area is 129 Å². The molecule has 0 unspecified atom stereocenters. The molecule has 1 heterocycles. The number of benzene rings is 1. The van der Waals surface area contributed by atoms with Gasteiger partial charge in [-0.05, 0) is 41.3 Å². The molecule has 0 aromatic heterocycles. The Hall–Kier alpha value is -1.34. The number of ether oxygens (including phenoxy) is 2. The Morgan fingerprint density at radius 2 is 2.29 bits per heavy atom. The van der Waals surface area contributed by atoms with Crippen molar-refractivity contribution < 1.29 is 23.8 Å². The van der Waals surface area contributed by atoms with Gasteiger partial charge in [-0.3, -0.25) is 9.69 Å². The summed E-state index contributed by atoms with van der Waals surface area (Å²) in [7, 11) is 1.35. The van der Waals surface area contributed by atoms with E-state index in [1.807, 2.05) is 0 Å². The van der Waals surface area contributed by atoms with E-state index in [1.165, 1.54) is 18.1 Å². The second kappa shape index (κ2) is 5.46. The molecule has 5 nitrogen and oxygen atoms in total. The van der Waals surface area contributed by atoms with Crippen molar-refractivity contribution in [2.75, 3.05) is 13.8 Å². The third-order valence-electron chi connectivity index (χ3n) is 4.02. The van der Waals surface area contributed by atoms with Crippen molar-refractivity contribution >= 4 is 21.8 Å². The lowest BCUT2D eigenvalue weighted by molar-refractivity contribution is 0.0114. The van der Waals surface area contributed by atoms with Crippen molar-refractivity contribution in [2.24, 2.45) is 0 Å². The fraction of sp³-hybridized carbons (Fsp3) is 0.500. The number of carbonyl (C=O) groups is 1. The minimum absolute atomic E-state index is 0.0101. The van der Waals surface area contributed by atoms with Crippen LogP contribution in [0.1, 0.15) is 29.6 Å². The van der Waals surface area contributed by atoms with E-state index in [0.29, 0.717) is 10.9 Å². The Bertz CT molecular complexity index is 595. The molecule has 1 aliphatic carbocycles. The monoisotopic (exact) mass is 359 g/mol. The van der Waals surface area contributed by atoms with Crippen molar-refractivity contribution in [3.05, 3.63) is 21.9 Å². The predicted molar refractivity (Wildman–Crippen MR) is 76.0 cm³/mol. The summed E-state index contributed by atoms with van der Waals surface area (Å²) in [6.07, 6.45) is 1.71. The first-order valence-electron chi connectivity index (χ1n) is 6.72.